The van der Waals surface area contributed by atoms with Gasteiger partial charge in [0, 0.05) is 6.04 Å². The van der Waals surface area contributed by atoms with Crippen molar-refractivity contribution in [2.24, 2.45) is 5.73 Å². The molecule has 0 aliphatic carbocycles. The molecule has 0 aliphatic rings. The Balaban J connectivity index is 4.17. The first-order chi connectivity index (χ1) is 5.94. The minimum absolute atomic E-state index is 0.135. The van der Waals surface area contributed by atoms with Gasteiger partial charge in [0.2, 0.25) is 0 Å². The van der Waals surface area contributed by atoms with Crippen LogP contribution >= 0.6 is 0 Å². The molecule has 0 rings (SSSR count). The zero-order chi connectivity index (χ0) is 10.5. The summed E-state index contributed by atoms with van der Waals surface area (Å²) in [6, 6.07) is -0.191. The van der Waals surface area contributed by atoms with Crippen molar-refractivity contribution in [1.82, 2.24) is 0 Å². The second kappa shape index (κ2) is 5.60. The summed E-state index contributed by atoms with van der Waals surface area (Å²) in [6.45, 7) is 5.64. The maximum Gasteiger partial charge on any atom is 0.154 e. The first-order valence-electron chi connectivity index (χ1n) is 4.91. The lowest BCUT2D eigenvalue weighted by Crippen LogP contribution is -2.33. The van der Waals surface area contributed by atoms with Gasteiger partial charge < -0.3 is 5.73 Å². The van der Waals surface area contributed by atoms with Crippen molar-refractivity contribution in [3.05, 3.63) is 0 Å². The minimum atomic E-state index is -2.96. The fraction of sp³-hybridized carbons (Fsp3) is 1.00. The molecular formula is C9H21NO2S. The van der Waals surface area contributed by atoms with Crippen LogP contribution in [0.5, 0.6) is 0 Å². The lowest BCUT2D eigenvalue weighted by atomic mass is 10.2. The van der Waals surface area contributed by atoms with Crippen molar-refractivity contribution >= 4 is 9.84 Å². The van der Waals surface area contributed by atoms with Gasteiger partial charge in [-0.25, -0.2) is 8.42 Å². The standard InChI is InChI=1S/C9H21NO2S/c1-4-6-9(10)7-13(11,12)8(3)5-2/h8-9H,4-7,10H2,1-3H3. The van der Waals surface area contributed by atoms with E-state index in [-0.39, 0.29) is 17.0 Å². The van der Waals surface area contributed by atoms with Crippen LogP contribution in [0, 0.1) is 0 Å². The molecule has 0 radical (unpaired) electrons. The van der Waals surface area contributed by atoms with Gasteiger partial charge in [-0.05, 0) is 19.8 Å². The molecule has 2 N–H and O–H groups in total. The number of nitrogens with two attached hydrogens (primary N) is 1. The molecule has 4 heteroatoms. The fourth-order valence-corrected chi connectivity index (χ4v) is 2.77. The second-order valence-electron chi connectivity index (χ2n) is 3.60. The fourth-order valence-electron chi connectivity index (χ4n) is 1.17. The predicted molar refractivity (Wildman–Crippen MR) is 56.4 cm³/mol. The maximum atomic E-state index is 11.6. The molecule has 13 heavy (non-hydrogen) atoms. The lowest BCUT2D eigenvalue weighted by Gasteiger charge is -2.14. The molecule has 0 fully saturated rings. The highest BCUT2D eigenvalue weighted by Gasteiger charge is 2.21. The molecule has 0 saturated carbocycles. The van der Waals surface area contributed by atoms with Crippen molar-refractivity contribution in [3.8, 4) is 0 Å². The topological polar surface area (TPSA) is 60.2 Å². The van der Waals surface area contributed by atoms with Gasteiger partial charge in [-0.15, -0.1) is 0 Å². The van der Waals surface area contributed by atoms with E-state index in [9.17, 15) is 8.42 Å². The molecule has 0 bridgehead atoms. The zero-order valence-electron chi connectivity index (χ0n) is 8.79. The number of rotatable bonds is 6. The quantitative estimate of drug-likeness (QED) is 0.714. The first kappa shape index (κ1) is 12.9. The van der Waals surface area contributed by atoms with Crippen LogP contribution < -0.4 is 5.73 Å². The Morgan fingerprint density at radius 3 is 2.23 bits per heavy atom. The largest absolute Gasteiger partial charge is 0.327 e. The van der Waals surface area contributed by atoms with E-state index in [2.05, 4.69) is 0 Å². The summed E-state index contributed by atoms with van der Waals surface area (Å²) in [4.78, 5) is 0. The zero-order valence-corrected chi connectivity index (χ0v) is 9.60. The monoisotopic (exact) mass is 207 g/mol. The molecule has 0 aromatic carbocycles. The third-order valence-corrected chi connectivity index (χ3v) is 4.75. The van der Waals surface area contributed by atoms with Gasteiger partial charge in [-0.1, -0.05) is 20.3 Å². The molecule has 0 aliphatic heterocycles. The van der Waals surface area contributed by atoms with E-state index < -0.39 is 9.84 Å². The normalized spacial score (nSPS) is 16.9. The van der Waals surface area contributed by atoms with Crippen LogP contribution in [0.3, 0.4) is 0 Å². The predicted octanol–water partition coefficient (Wildman–Crippen LogP) is 1.33. The van der Waals surface area contributed by atoms with Gasteiger partial charge in [-0.3, -0.25) is 0 Å². The molecule has 2 atom stereocenters. The summed E-state index contributed by atoms with van der Waals surface area (Å²) in [7, 11) is -2.96. The average molecular weight is 207 g/mol. The Hall–Kier alpha value is -0.0900. The van der Waals surface area contributed by atoms with Crippen LogP contribution in [0.4, 0.5) is 0 Å². The van der Waals surface area contributed by atoms with Gasteiger partial charge in [0.05, 0.1) is 11.0 Å². The van der Waals surface area contributed by atoms with Gasteiger partial charge in [0.1, 0.15) is 0 Å². The van der Waals surface area contributed by atoms with E-state index in [4.69, 9.17) is 5.73 Å². The Morgan fingerprint density at radius 2 is 1.85 bits per heavy atom. The smallest absolute Gasteiger partial charge is 0.154 e. The Kier molecular flexibility index (Phi) is 5.56. The van der Waals surface area contributed by atoms with E-state index in [0.717, 1.165) is 12.8 Å². The highest BCUT2D eigenvalue weighted by Crippen LogP contribution is 2.08. The molecule has 0 heterocycles. The number of hydrogen-bond acceptors (Lipinski definition) is 3. The van der Waals surface area contributed by atoms with Crippen LogP contribution in [0.2, 0.25) is 0 Å². The Labute approximate surface area is 81.6 Å². The summed E-state index contributed by atoms with van der Waals surface area (Å²) < 4.78 is 23.1. The average Bonchev–Trinajstić information content (AvgIpc) is 2.02. The van der Waals surface area contributed by atoms with Crippen LogP contribution in [-0.2, 0) is 9.84 Å². The van der Waals surface area contributed by atoms with E-state index >= 15 is 0 Å². The molecule has 3 nitrogen and oxygen atoms in total. The van der Waals surface area contributed by atoms with Crippen LogP contribution in [0.1, 0.15) is 40.0 Å². The number of hydrogen-bond donors (Lipinski definition) is 1. The summed E-state index contributed by atoms with van der Waals surface area (Å²) in [5, 5.41) is -0.254. The van der Waals surface area contributed by atoms with Crippen LogP contribution in [0.25, 0.3) is 0 Å². The number of sulfone groups is 1. The third kappa shape index (κ3) is 4.62. The van der Waals surface area contributed by atoms with E-state index in [1.165, 1.54) is 0 Å². The van der Waals surface area contributed by atoms with Crippen molar-refractivity contribution in [2.75, 3.05) is 5.75 Å². The van der Waals surface area contributed by atoms with Gasteiger partial charge >= 0.3 is 0 Å². The summed E-state index contributed by atoms with van der Waals surface area (Å²) in [6.07, 6.45) is 2.40. The Bertz CT molecular complexity index is 224. The molecule has 80 valence electrons. The van der Waals surface area contributed by atoms with Crippen molar-refractivity contribution in [2.45, 2.75) is 51.3 Å². The van der Waals surface area contributed by atoms with Gasteiger partial charge in [0.25, 0.3) is 0 Å². The van der Waals surface area contributed by atoms with Crippen LogP contribution in [0.15, 0.2) is 0 Å². The Morgan fingerprint density at radius 1 is 1.31 bits per heavy atom. The third-order valence-electron chi connectivity index (χ3n) is 2.29. The first-order valence-corrected chi connectivity index (χ1v) is 6.62. The highest BCUT2D eigenvalue weighted by molar-refractivity contribution is 7.92. The van der Waals surface area contributed by atoms with E-state index in [1.54, 1.807) is 6.92 Å². The van der Waals surface area contributed by atoms with E-state index in [0.29, 0.717) is 6.42 Å². The molecular weight excluding hydrogens is 186 g/mol. The second-order valence-corrected chi connectivity index (χ2v) is 6.06. The summed E-state index contributed by atoms with van der Waals surface area (Å²) in [5.41, 5.74) is 5.68. The molecule has 0 amide bonds. The van der Waals surface area contributed by atoms with Crippen molar-refractivity contribution < 1.29 is 8.42 Å². The van der Waals surface area contributed by atoms with Gasteiger partial charge in [-0.2, -0.15) is 0 Å². The molecule has 2 unspecified atom stereocenters. The lowest BCUT2D eigenvalue weighted by molar-refractivity contribution is 0.564. The van der Waals surface area contributed by atoms with Crippen molar-refractivity contribution in [1.29, 1.82) is 0 Å². The molecule has 0 spiro atoms. The van der Waals surface area contributed by atoms with Gasteiger partial charge in [0.15, 0.2) is 9.84 Å². The maximum absolute atomic E-state index is 11.6. The van der Waals surface area contributed by atoms with Crippen molar-refractivity contribution in [3.63, 3.8) is 0 Å². The SMILES string of the molecule is CCCC(N)CS(=O)(=O)C(C)CC. The minimum Gasteiger partial charge on any atom is -0.327 e. The summed E-state index contributed by atoms with van der Waals surface area (Å²) in [5.74, 6) is 0.135. The highest BCUT2D eigenvalue weighted by atomic mass is 32.2. The summed E-state index contributed by atoms with van der Waals surface area (Å²) >= 11 is 0. The van der Waals surface area contributed by atoms with E-state index in [1.807, 2.05) is 13.8 Å². The molecule has 0 aromatic heterocycles. The molecule has 0 saturated heterocycles. The molecule has 0 aromatic rings. The van der Waals surface area contributed by atoms with Crippen LogP contribution in [-0.4, -0.2) is 25.5 Å².